The summed E-state index contributed by atoms with van der Waals surface area (Å²) < 4.78 is 4.75. The Bertz CT molecular complexity index is 445. The molecule has 0 saturated heterocycles. The fourth-order valence-corrected chi connectivity index (χ4v) is 2.06. The molecule has 2 rings (SSSR count). The van der Waals surface area contributed by atoms with Crippen LogP contribution >= 0.6 is 0 Å². The number of carbonyl (C=O) groups excluding carboxylic acids is 1. The topological polar surface area (TPSA) is 30.7 Å². The van der Waals surface area contributed by atoms with Crippen LogP contribution in [-0.2, 0) is 16.0 Å². The number of esters is 1. The standard InChI is InChI=1S/C12H11NO2/c1-13-9-4-6-10-8(7-9)3-5-11(10)12(14)15-2/h4,6-7,11H,3,5H2,2H3. The van der Waals surface area contributed by atoms with Gasteiger partial charge < -0.3 is 4.74 Å². The molecule has 1 aliphatic rings. The normalized spacial score (nSPS) is 18.0. The van der Waals surface area contributed by atoms with Gasteiger partial charge in [0.25, 0.3) is 0 Å². The number of hydrogen-bond acceptors (Lipinski definition) is 2. The van der Waals surface area contributed by atoms with E-state index in [0.29, 0.717) is 5.69 Å². The molecule has 1 unspecified atom stereocenters. The van der Waals surface area contributed by atoms with Gasteiger partial charge in [-0.2, -0.15) is 0 Å². The predicted octanol–water partition coefficient (Wildman–Crippen LogP) is 2.44. The molecule has 0 spiro atoms. The number of ether oxygens (including phenoxy) is 1. The average Bonchev–Trinajstić information content (AvgIpc) is 2.70. The molecule has 0 fully saturated rings. The molecule has 0 aliphatic heterocycles. The molecule has 1 atom stereocenters. The van der Waals surface area contributed by atoms with E-state index in [1.165, 1.54) is 7.11 Å². The van der Waals surface area contributed by atoms with Crippen molar-refractivity contribution in [1.29, 1.82) is 0 Å². The Kier molecular flexibility index (Phi) is 2.42. The molecular weight excluding hydrogens is 190 g/mol. The summed E-state index contributed by atoms with van der Waals surface area (Å²) in [5.41, 5.74) is 2.77. The first-order chi connectivity index (χ1) is 7.26. The molecule has 0 bridgehead atoms. The summed E-state index contributed by atoms with van der Waals surface area (Å²) in [4.78, 5) is 14.8. The lowest BCUT2D eigenvalue weighted by Gasteiger charge is -2.08. The van der Waals surface area contributed by atoms with E-state index in [4.69, 9.17) is 11.3 Å². The van der Waals surface area contributed by atoms with Crippen LogP contribution in [0.5, 0.6) is 0 Å². The van der Waals surface area contributed by atoms with Gasteiger partial charge in [-0.05, 0) is 18.4 Å². The quantitative estimate of drug-likeness (QED) is 0.516. The second-order valence-corrected chi connectivity index (χ2v) is 3.61. The highest BCUT2D eigenvalue weighted by Gasteiger charge is 2.29. The summed E-state index contributed by atoms with van der Waals surface area (Å²) in [5, 5.41) is 0. The Hall–Kier alpha value is -1.82. The zero-order valence-corrected chi connectivity index (χ0v) is 8.49. The van der Waals surface area contributed by atoms with Gasteiger partial charge in [0, 0.05) is 0 Å². The third-order valence-electron chi connectivity index (χ3n) is 2.82. The Morgan fingerprint density at radius 2 is 2.40 bits per heavy atom. The maximum absolute atomic E-state index is 11.4. The molecule has 1 aromatic carbocycles. The monoisotopic (exact) mass is 201 g/mol. The minimum absolute atomic E-state index is 0.134. The number of benzene rings is 1. The lowest BCUT2D eigenvalue weighted by atomic mass is 10.0. The highest BCUT2D eigenvalue weighted by Crippen LogP contribution is 2.35. The van der Waals surface area contributed by atoms with E-state index in [0.717, 1.165) is 24.0 Å². The van der Waals surface area contributed by atoms with E-state index in [1.54, 1.807) is 6.07 Å². The lowest BCUT2D eigenvalue weighted by molar-refractivity contribution is -0.142. The SMILES string of the molecule is [C-]#[N+]c1ccc2c(c1)CCC2C(=O)OC. The van der Waals surface area contributed by atoms with Crippen molar-refractivity contribution in [2.45, 2.75) is 18.8 Å². The largest absolute Gasteiger partial charge is 0.469 e. The fourth-order valence-electron chi connectivity index (χ4n) is 2.06. The van der Waals surface area contributed by atoms with Crippen LogP contribution in [-0.4, -0.2) is 13.1 Å². The Labute approximate surface area is 88.5 Å². The molecule has 15 heavy (non-hydrogen) atoms. The summed E-state index contributed by atoms with van der Waals surface area (Å²) in [5.74, 6) is -0.311. The molecule has 1 aromatic rings. The lowest BCUT2D eigenvalue weighted by Crippen LogP contribution is -2.10. The number of fused-ring (bicyclic) bond motifs is 1. The Morgan fingerprint density at radius 1 is 1.60 bits per heavy atom. The van der Waals surface area contributed by atoms with Crippen molar-refractivity contribution < 1.29 is 9.53 Å². The number of carbonyl (C=O) groups is 1. The first-order valence-corrected chi connectivity index (χ1v) is 4.84. The highest BCUT2D eigenvalue weighted by molar-refractivity contribution is 5.80. The summed E-state index contributed by atoms with van der Waals surface area (Å²) in [6.07, 6.45) is 1.65. The number of aryl methyl sites for hydroxylation is 1. The number of nitrogens with zero attached hydrogens (tertiary/aromatic N) is 1. The van der Waals surface area contributed by atoms with Crippen molar-refractivity contribution >= 4 is 11.7 Å². The van der Waals surface area contributed by atoms with Crippen molar-refractivity contribution in [3.63, 3.8) is 0 Å². The van der Waals surface area contributed by atoms with Gasteiger partial charge in [-0.1, -0.05) is 23.8 Å². The average molecular weight is 201 g/mol. The van der Waals surface area contributed by atoms with E-state index in [-0.39, 0.29) is 11.9 Å². The van der Waals surface area contributed by atoms with E-state index in [9.17, 15) is 4.79 Å². The smallest absolute Gasteiger partial charge is 0.313 e. The Balaban J connectivity index is 2.37. The van der Waals surface area contributed by atoms with Gasteiger partial charge in [-0.15, -0.1) is 0 Å². The minimum atomic E-state index is -0.177. The van der Waals surface area contributed by atoms with E-state index >= 15 is 0 Å². The van der Waals surface area contributed by atoms with Gasteiger partial charge in [0.05, 0.1) is 19.6 Å². The molecule has 76 valence electrons. The number of hydrogen-bond donors (Lipinski definition) is 0. The van der Waals surface area contributed by atoms with Crippen molar-refractivity contribution in [3.05, 3.63) is 40.7 Å². The van der Waals surface area contributed by atoms with E-state index in [1.807, 2.05) is 12.1 Å². The molecule has 0 heterocycles. The van der Waals surface area contributed by atoms with Crippen LogP contribution in [0.15, 0.2) is 18.2 Å². The van der Waals surface area contributed by atoms with Crippen LogP contribution in [0.2, 0.25) is 0 Å². The van der Waals surface area contributed by atoms with Crippen molar-refractivity contribution in [2.75, 3.05) is 7.11 Å². The maximum Gasteiger partial charge on any atom is 0.313 e. The van der Waals surface area contributed by atoms with Crippen molar-refractivity contribution in [1.82, 2.24) is 0 Å². The van der Waals surface area contributed by atoms with Gasteiger partial charge in [0.2, 0.25) is 0 Å². The minimum Gasteiger partial charge on any atom is -0.469 e. The second-order valence-electron chi connectivity index (χ2n) is 3.61. The van der Waals surface area contributed by atoms with E-state index in [2.05, 4.69) is 4.85 Å². The molecule has 1 aliphatic carbocycles. The van der Waals surface area contributed by atoms with Crippen LogP contribution in [0.1, 0.15) is 23.5 Å². The molecule has 0 radical (unpaired) electrons. The molecule has 3 heteroatoms. The van der Waals surface area contributed by atoms with Crippen molar-refractivity contribution in [2.24, 2.45) is 0 Å². The Morgan fingerprint density at radius 3 is 3.07 bits per heavy atom. The van der Waals surface area contributed by atoms with Crippen LogP contribution in [0.3, 0.4) is 0 Å². The van der Waals surface area contributed by atoms with Gasteiger partial charge in [-0.25, -0.2) is 4.85 Å². The molecule has 0 N–H and O–H groups in total. The molecule has 0 aromatic heterocycles. The fraction of sp³-hybridized carbons (Fsp3) is 0.333. The summed E-state index contributed by atoms with van der Waals surface area (Å²) in [7, 11) is 1.41. The first-order valence-electron chi connectivity index (χ1n) is 4.84. The van der Waals surface area contributed by atoms with Gasteiger partial charge in [-0.3, -0.25) is 4.79 Å². The highest BCUT2D eigenvalue weighted by atomic mass is 16.5. The summed E-state index contributed by atoms with van der Waals surface area (Å²) in [6.45, 7) is 6.91. The summed E-state index contributed by atoms with van der Waals surface area (Å²) in [6, 6.07) is 5.50. The third-order valence-corrected chi connectivity index (χ3v) is 2.82. The van der Waals surface area contributed by atoms with Crippen LogP contribution in [0, 0.1) is 6.57 Å². The maximum atomic E-state index is 11.4. The molecule has 0 amide bonds. The zero-order chi connectivity index (χ0) is 10.8. The van der Waals surface area contributed by atoms with Crippen LogP contribution < -0.4 is 0 Å². The van der Waals surface area contributed by atoms with Gasteiger partial charge in [0.15, 0.2) is 5.69 Å². The van der Waals surface area contributed by atoms with Crippen LogP contribution in [0.25, 0.3) is 4.85 Å². The molecule has 3 nitrogen and oxygen atoms in total. The van der Waals surface area contributed by atoms with Crippen molar-refractivity contribution in [3.8, 4) is 0 Å². The predicted molar refractivity (Wildman–Crippen MR) is 55.8 cm³/mol. The first kappa shape index (κ1) is 9.72. The second kappa shape index (κ2) is 3.74. The van der Waals surface area contributed by atoms with Crippen LogP contribution in [0.4, 0.5) is 5.69 Å². The molecular formula is C12H11NO2. The van der Waals surface area contributed by atoms with Gasteiger partial charge in [0.1, 0.15) is 0 Å². The number of rotatable bonds is 1. The zero-order valence-electron chi connectivity index (χ0n) is 8.49. The van der Waals surface area contributed by atoms with E-state index < -0.39 is 0 Å². The van der Waals surface area contributed by atoms with Gasteiger partial charge >= 0.3 is 5.97 Å². The third kappa shape index (κ3) is 1.59. The summed E-state index contributed by atoms with van der Waals surface area (Å²) >= 11 is 0. The molecule has 0 saturated carbocycles. The number of methoxy groups -OCH3 is 1.